The fourth-order valence-corrected chi connectivity index (χ4v) is 2.04. The van der Waals surface area contributed by atoms with Gasteiger partial charge in [-0.1, -0.05) is 0 Å². The number of hydrogen-bond acceptors (Lipinski definition) is 5. The topological polar surface area (TPSA) is 69.6 Å². The predicted octanol–water partition coefficient (Wildman–Crippen LogP) is 0.705. The smallest absolute Gasteiger partial charge is 0.356 e. The quantitative estimate of drug-likeness (QED) is 0.833. The van der Waals surface area contributed by atoms with E-state index in [-0.39, 0.29) is 11.2 Å². The van der Waals surface area contributed by atoms with Gasteiger partial charge in [0.05, 0.1) is 0 Å². The van der Waals surface area contributed by atoms with Crippen molar-refractivity contribution >= 4 is 11.8 Å². The Morgan fingerprint density at radius 1 is 1.33 bits per heavy atom. The molecule has 1 saturated heterocycles. The third kappa shape index (κ3) is 2.43. The zero-order valence-corrected chi connectivity index (χ0v) is 10.9. The first-order chi connectivity index (χ1) is 8.40. The second kappa shape index (κ2) is 4.53. The molecule has 1 aromatic rings. The number of hydrogen-bond donors (Lipinski definition) is 1. The van der Waals surface area contributed by atoms with Crippen molar-refractivity contribution in [2.75, 3.05) is 31.6 Å². The van der Waals surface area contributed by atoms with E-state index in [2.05, 4.69) is 40.9 Å². The van der Waals surface area contributed by atoms with Crippen molar-refractivity contribution in [2.45, 2.75) is 19.4 Å². The van der Waals surface area contributed by atoms with Gasteiger partial charge in [0, 0.05) is 25.2 Å². The largest absolute Gasteiger partial charge is 0.476 e. The average molecular weight is 250 g/mol. The molecule has 6 nitrogen and oxygen atoms in total. The lowest BCUT2D eigenvalue weighted by atomic mass is 10.00. The maximum Gasteiger partial charge on any atom is 0.356 e. The summed E-state index contributed by atoms with van der Waals surface area (Å²) in [5.41, 5.74) is 0.0536. The number of carboxylic acids is 1. The standard InChI is InChI=1S/C12H18N4O2/c1-12(2)8-16(7-6-15(12)3)10-5-4-9(11(17)18)13-14-10/h4-5H,6-8H2,1-3H3,(H,17,18). The first-order valence-electron chi connectivity index (χ1n) is 5.93. The van der Waals surface area contributed by atoms with Crippen molar-refractivity contribution in [2.24, 2.45) is 0 Å². The molecule has 2 rings (SSSR count). The molecule has 1 aliphatic heterocycles. The minimum atomic E-state index is -1.05. The summed E-state index contributed by atoms with van der Waals surface area (Å²) in [4.78, 5) is 15.2. The molecule has 0 atom stereocenters. The van der Waals surface area contributed by atoms with E-state index in [1.54, 1.807) is 6.07 Å². The number of rotatable bonds is 2. The van der Waals surface area contributed by atoms with E-state index in [9.17, 15) is 4.79 Å². The molecular formula is C12H18N4O2. The van der Waals surface area contributed by atoms with Crippen LogP contribution in [0.2, 0.25) is 0 Å². The molecule has 0 saturated carbocycles. The zero-order chi connectivity index (χ0) is 13.3. The van der Waals surface area contributed by atoms with Crippen LogP contribution in [0.5, 0.6) is 0 Å². The minimum Gasteiger partial charge on any atom is -0.476 e. The zero-order valence-electron chi connectivity index (χ0n) is 10.9. The van der Waals surface area contributed by atoms with Gasteiger partial charge in [-0.2, -0.15) is 0 Å². The molecule has 0 aromatic carbocycles. The van der Waals surface area contributed by atoms with E-state index in [0.717, 1.165) is 25.5 Å². The highest BCUT2D eigenvalue weighted by Crippen LogP contribution is 2.22. The Hall–Kier alpha value is -1.69. The number of carboxylic acid groups (broad SMARTS) is 1. The van der Waals surface area contributed by atoms with Crippen molar-refractivity contribution in [3.8, 4) is 0 Å². The maximum atomic E-state index is 10.7. The van der Waals surface area contributed by atoms with Crippen LogP contribution in [0.15, 0.2) is 12.1 Å². The van der Waals surface area contributed by atoms with Gasteiger partial charge in [-0.3, -0.25) is 4.90 Å². The van der Waals surface area contributed by atoms with E-state index in [4.69, 9.17) is 5.11 Å². The van der Waals surface area contributed by atoms with Crippen LogP contribution >= 0.6 is 0 Å². The van der Waals surface area contributed by atoms with Crippen LogP contribution in [0.4, 0.5) is 5.82 Å². The van der Waals surface area contributed by atoms with Crippen LogP contribution in [0, 0.1) is 0 Å². The normalized spacial score (nSPS) is 19.8. The van der Waals surface area contributed by atoms with Crippen molar-refractivity contribution in [1.82, 2.24) is 15.1 Å². The van der Waals surface area contributed by atoms with Gasteiger partial charge in [-0.05, 0) is 33.0 Å². The monoisotopic (exact) mass is 250 g/mol. The van der Waals surface area contributed by atoms with Crippen molar-refractivity contribution in [1.29, 1.82) is 0 Å². The number of aromatic carboxylic acids is 1. The minimum absolute atomic E-state index is 0.0212. The van der Waals surface area contributed by atoms with Crippen LogP contribution in [0.1, 0.15) is 24.3 Å². The molecule has 98 valence electrons. The maximum absolute atomic E-state index is 10.7. The Morgan fingerprint density at radius 2 is 2.06 bits per heavy atom. The molecule has 0 aliphatic carbocycles. The third-order valence-corrected chi connectivity index (χ3v) is 3.51. The van der Waals surface area contributed by atoms with Gasteiger partial charge in [-0.25, -0.2) is 4.79 Å². The molecule has 0 unspecified atom stereocenters. The van der Waals surface area contributed by atoms with E-state index in [0.29, 0.717) is 0 Å². The Labute approximate surface area is 106 Å². The number of carbonyl (C=O) groups is 1. The molecule has 1 aliphatic rings. The Kier molecular flexibility index (Phi) is 3.21. The molecule has 0 radical (unpaired) electrons. The Bertz CT molecular complexity index is 444. The third-order valence-electron chi connectivity index (χ3n) is 3.51. The lowest BCUT2D eigenvalue weighted by molar-refractivity contribution is 0.0689. The fraction of sp³-hybridized carbons (Fsp3) is 0.583. The first kappa shape index (κ1) is 12.8. The lowest BCUT2D eigenvalue weighted by Crippen LogP contribution is -2.57. The van der Waals surface area contributed by atoms with Gasteiger partial charge in [0.1, 0.15) is 0 Å². The van der Waals surface area contributed by atoms with Gasteiger partial charge < -0.3 is 10.0 Å². The highest BCUT2D eigenvalue weighted by Gasteiger charge is 2.31. The van der Waals surface area contributed by atoms with Crippen LogP contribution < -0.4 is 4.90 Å². The average Bonchev–Trinajstić information content (AvgIpc) is 2.33. The molecule has 0 spiro atoms. The summed E-state index contributed by atoms with van der Waals surface area (Å²) in [7, 11) is 2.11. The summed E-state index contributed by atoms with van der Waals surface area (Å²) in [5.74, 6) is -0.311. The van der Waals surface area contributed by atoms with Crippen LogP contribution in [-0.2, 0) is 0 Å². The SMILES string of the molecule is CN1CCN(c2ccc(C(=O)O)nn2)CC1(C)C. The Morgan fingerprint density at radius 3 is 2.56 bits per heavy atom. The lowest BCUT2D eigenvalue weighted by Gasteiger charge is -2.45. The van der Waals surface area contributed by atoms with E-state index < -0.39 is 5.97 Å². The molecule has 0 amide bonds. The molecule has 6 heteroatoms. The molecule has 2 heterocycles. The van der Waals surface area contributed by atoms with E-state index >= 15 is 0 Å². The molecule has 1 fully saturated rings. The molecule has 18 heavy (non-hydrogen) atoms. The Balaban J connectivity index is 2.15. The summed E-state index contributed by atoms with van der Waals surface area (Å²) < 4.78 is 0. The van der Waals surface area contributed by atoms with Crippen molar-refractivity contribution in [3.05, 3.63) is 17.8 Å². The van der Waals surface area contributed by atoms with E-state index in [1.165, 1.54) is 6.07 Å². The van der Waals surface area contributed by atoms with Gasteiger partial charge in [0.2, 0.25) is 0 Å². The number of anilines is 1. The fourth-order valence-electron chi connectivity index (χ4n) is 2.04. The molecular weight excluding hydrogens is 232 g/mol. The van der Waals surface area contributed by atoms with Gasteiger partial charge in [0.25, 0.3) is 0 Å². The van der Waals surface area contributed by atoms with Gasteiger partial charge in [-0.15, -0.1) is 10.2 Å². The summed E-state index contributed by atoms with van der Waals surface area (Å²) in [6, 6.07) is 3.22. The van der Waals surface area contributed by atoms with Gasteiger partial charge >= 0.3 is 5.97 Å². The summed E-state index contributed by atoms with van der Waals surface area (Å²) in [5, 5.41) is 16.5. The number of nitrogens with zero attached hydrogens (tertiary/aromatic N) is 4. The summed E-state index contributed by atoms with van der Waals surface area (Å²) in [6.45, 7) is 7.04. The van der Waals surface area contributed by atoms with E-state index in [1.807, 2.05) is 0 Å². The second-order valence-corrected chi connectivity index (χ2v) is 5.24. The molecule has 0 bridgehead atoms. The summed E-state index contributed by atoms with van der Waals surface area (Å²) >= 11 is 0. The molecule has 1 aromatic heterocycles. The highest BCUT2D eigenvalue weighted by molar-refractivity contribution is 5.85. The van der Waals surface area contributed by atoms with Crippen LogP contribution in [0.25, 0.3) is 0 Å². The number of piperazine rings is 1. The predicted molar refractivity (Wildman–Crippen MR) is 67.9 cm³/mol. The second-order valence-electron chi connectivity index (χ2n) is 5.24. The van der Waals surface area contributed by atoms with Crippen molar-refractivity contribution < 1.29 is 9.90 Å². The summed E-state index contributed by atoms with van der Waals surface area (Å²) in [6.07, 6.45) is 0. The number of aromatic nitrogens is 2. The molecule has 1 N–H and O–H groups in total. The first-order valence-corrected chi connectivity index (χ1v) is 5.93. The number of likely N-dealkylation sites (N-methyl/N-ethyl adjacent to an activating group) is 1. The van der Waals surface area contributed by atoms with Crippen molar-refractivity contribution in [3.63, 3.8) is 0 Å². The van der Waals surface area contributed by atoms with Crippen LogP contribution in [0.3, 0.4) is 0 Å². The van der Waals surface area contributed by atoms with Crippen LogP contribution in [-0.4, -0.2) is 58.4 Å². The highest BCUT2D eigenvalue weighted by atomic mass is 16.4. The van der Waals surface area contributed by atoms with Gasteiger partial charge in [0.15, 0.2) is 11.5 Å².